The van der Waals surface area contributed by atoms with E-state index in [4.69, 9.17) is 9.36 Å². The topological polar surface area (TPSA) is 47.9 Å². The SMILES string of the molecule is CCO[P@@]1(=O)CC[C@@H]2ON=C(c3ccccc3)[C@@H]21. The van der Waals surface area contributed by atoms with Crippen LogP contribution in [0.25, 0.3) is 0 Å². The van der Waals surface area contributed by atoms with Gasteiger partial charge in [-0.15, -0.1) is 0 Å². The molecule has 0 amide bonds. The Morgan fingerprint density at radius 2 is 2.22 bits per heavy atom. The first kappa shape index (κ1) is 11.9. The third-order valence-electron chi connectivity index (χ3n) is 3.49. The summed E-state index contributed by atoms with van der Waals surface area (Å²) in [5.41, 5.74) is 1.58. The molecule has 1 aromatic rings. The van der Waals surface area contributed by atoms with Crippen LogP contribution in [0, 0.1) is 0 Å². The Balaban J connectivity index is 1.96. The Hall–Kier alpha value is -1.12. The van der Waals surface area contributed by atoms with Crippen molar-refractivity contribution >= 4 is 13.1 Å². The van der Waals surface area contributed by atoms with Crippen LogP contribution < -0.4 is 0 Å². The molecule has 0 N–H and O–H groups in total. The van der Waals surface area contributed by atoms with Crippen molar-refractivity contribution in [2.45, 2.75) is 25.1 Å². The lowest BCUT2D eigenvalue weighted by atomic mass is 10.0. The van der Waals surface area contributed by atoms with Gasteiger partial charge in [0.2, 0.25) is 7.37 Å². The molecule has 3 rings (SSSR count). The highest BCUT2D eigenvalue weighted by Gasteiger charge is 2.53. The van der Waals surface area contributed by atoms with Gasteiger partial charge in [0.25, 0.3) is 0 Å². The Morgan fingerprint density at radius 3 is 2.94 bits per heavy atom. The summed E-state index contributed by atoms with van der Waals surface area (Å²) < 4.78 is 18.4. The van der Waals surface area contributed by atoms with E-state index < -0.39 is 7.37 Å². The number of hydrogen-bond donors (Lipinski definition) is 0. The first-order valence-corrected chi connectivity index (χ1v) is 8.15. The summed E-state index contributed by atoms with van der Waals surface area (Å²) in [6, 6.07) is 9.80. The smallest absolute Gasteiger partial charge is 0.216 e. The van der Waals surface area contributed by atoms with E-state index >= 15 is 0 Å². The average Bonchev–Trinajstić information content (AvgIpc) is 2.94. The summed E-state index contributed by atoms with van der Waals surface area (Å²) in [4.78, 5) is 5.42. The molecule has 2 aliphatic rings. The molecular weight excluding hydrogens is 249 g/mol. The molecule has 1 aromatic carbocycles. The summed E-state index contributed by atoms with van der Waals surface area (Å²) in [7, 11) is -2.65. The Bertz CT molecular complexity index is 508. The normalized spacial score (nSPS) is 33.9. The second kappa shape index (κ2) is 4.52. The van der Waals surface area contributed by atoms with Crippen LogP contribution in [0.2, 0.25) is 0 Å². The molecule has 0 radical (unpaired) electrons. The zero-order valence-electron chi connectivity index (χ0n) is 10.3. The maximum absolute atomic E-state index is 12.8. The molecule has 2 heterocycles. The van der Waals surface area contributed by atoms with Gasteiger partial charge in [-0.05, 0) is 13.3 Å². The van der Waals surface area contributed by atoms with Gasteiger partial charge in [-0.3, -0.25) is 4.57 Å². The Kier molecular flexibility index (Phi) is 3.00. The second-order valence-corrected chi connectivity index (χ2v) is 7.30. The molecule has 4 nitrogen and oxygen atoms in total. The van der Waals surface area contributed by atoms with Crippen LogP contribution in [0.1, 0.15) is 18.9 Å². The largest absolute Gasteiger partial charge is 0.391 e. The zero-order chi connectivity index (χ0) is 12.6. The standard InChI is InChI=1S/C13H16NO3P/c1-2-16-18(15)9-8-11-13(18)12(14-17-11)10-6-4-3-5-7-10/h3-7,11,13H,2,8-9H2,1H3/t11-,13+,18-/m0/s1. The highest BCUT2D eigenvalue weighted by Crippen LogP contribution is 2.61. The fourth-order valence-electron chi connectivity index (χ4n) is 2.70. The van der Waals surface area contributed by atoms with Gasteiger partial charge >= 0.3 is 0 Å². The van der Waals surface area contributed by atoms with E-state index in [9.17, 15) is 4.57 Å². The van der Waals surface area contributed by atoms with Crippen molar-refractivity contribution in [2.75, 3.05) is 12.8 Å². The van der Waals surface area contributed by atoms with Gasteiger partial charge in [-0.1, -0.05) is 35.5 Å². The molecule has 2 aliphatic heterocycles. The molecule has 0 saturated carbocycles. The first-order chi connectivity index (χ1) is 8.74. The minimum absolute atomic E-state index is 0.0717. The first-order valence-electron chi connectivity index (χ1n) is 6.27. The van der Waals surface area contributed by atoms with Crippen LogP contribution in [0.3, 0.4) is 0 Å². The predicted octanol–water partition coefficient (Wildman–Crippen LogP) is 2.88. The van der Waals surface area contributed by atoms with E-state index in [-0.39, 0.29) is 11.8 Å². The van der Waals surface area contributed by atoms with Crippen LogP contribution in [0.5, 0.6) is 0 Å². The maximum atomic E-state index is 12.8. The zero-order valence-corrected chi connectivity index (χ0v) is 11.2. The molecule has 18 heavy (non-hydrogen) atoms. The van der Waals surface area contributed by atoms with E-state index in [1.165, 1.54) is 0 Å². The van der Waals surface area contributed by atoms with Crippen molar-refractivity contribution in [3.63, 3.8) is 0 Å². The second-order valence-electron chi connectivity index (χ2n) is 4.59. The third-order valence-corrected chi connectivity index (χ3v) is 6.49. The minimum atomic E-state index is -2.65. The molecule has 0 bridgehead atoms. The van der Waals surface area contributed by atoms with E-state index in [1.54, 1.807) is 0 Å². The van der Waals surface area contributed by atoms with Gasteiger partial charge in [-0.25, -0.2) is 0 Å². The van der Waals surface area contributed by atoms with Gasteiger partial charge in [0.05, 0.1) is 6.61 Å². The van der Waals surface area contributed by atoms with Crippen LogP contribution in [0.15, 0.2) is 35.5 Å². The van der Waals surface area contributed by atoms with Crippen molar-refractivity contribution in [2.24, 2.45) is 5.16 Å². The minimum Gasteiger partial charge on any atom is -0.391 e. The van der Waals surface area contributed by atoms with Gasteiger partial charge in [-0.2, -0.15) is 0 Å². The lowest BCUT2D eigenvalue weighted by Gasteiger charge is -2.19. The van der Waals surface area contributed by atoms with E-state index in [0.29, 0.717) is 12.8 Å². The summed E-state index contributed by atoms with van der Waals surface area (Å²) in [6.45, 7) is 2.35. The molecular formula is C13H16NO3P. The van der Waals surface area contributed by atoms with Crippen molar-refractivity contribution in [1.82, 2.24) is 0 Å². The monoisotopic (exact) mass is 265 g/mol. The Labute approximate surface area is 106 Å². The number of rotatable bonds is 3. The van der Waals surface area contributed by atoms with E-state index in [1.807, 2.05) is 37.3 Å². The Morgan fingerprint density at radius 1 is 1.44 bits per heavy atom. The third kappa shape index (κ3) is 1.80. The number of benzene rings is 1. The summed E-state index contributed by atoms with van der Waals surface area (Å²) in [5, 5.41) is 4.13. The molecule has 96 valence electrons. The van der Waals surface area contributed by atoms with Crippen molar-refractivity contribution in [3.8, 4) is 0 Å². The van der Waals surface area contributed by atoms with Gasteiger partial charge in [0.15, 0.2) is 0 Å². The van der Waals surface area contributed by atoms with Crippen molar-refractivity contribution in [1.29, 1.82) is 0 Å². The number of hydrogen-bond acceptors (Lipinski definition) is 4. The molecule has 0 unspecified atom stereocenters. The predicted molar refractivity (Wildman–Crippen MR) is 70.4 cm³/mol. The van der Waals surface area contributed by atoms with Crippen LogP contribution in [-0.2, 0) is 13.9 Å². The number of oxime groups is 1. The fourth-order valence-corrected chi connectivity index (χ4v) is 5.60. The molecule has 5 heteroatoms. The molecule has 3 atom stereocenters. The highest BCUT2D eigenvalue weighted by molar-refractivity contribution is 7.61. The number of fused-ring (bicyclic) bond motifs is 1. The van der Waals surface area contributed by atoms with Crippen LogP contribution >= 0.6 is 7.37 Å². The highest BCUT2D eigenvalue weighted by atomic mass is 31.2. The van der Waals surface area contributed by atoms with Gasteiger partial charge < -0.3 is 9.36 Å². The molecule has 0 aromatic heterocycles. The van der Waals surface area contributed by atoms with Crippen molar-refractivity contribution < 1.29 is 13.9 Å². The number of nitrogens with zero attached hydrogens (tertiary/aromatic N) is 1. The maximum Gasteiger partial charge on any atom is 0.216 e. The van der Waals surface area contributed by atoms with Crippen LogP contribution in [-0.4, -0.2) is 30.2 Å². The quantitative estimate of drug-likeness (QED) is 0.789. The van der Waals surface area contributed by atoms with Gasteiger partial charge in [0, 0.05) is 11.7 Å². The molecule has 1 saturated heterocycles. The van der Waals surface area contributed by atoms with E-state index in [0.717, 1.165) is 17.7 Å². The lowest BCUT2D eigenvalue weighted by molar-refractivity contribution is 0.0893. The van der Waals surface area contributed by atoms with E-state index in [2.05, 4.69) is 5.16 Å². The molecule has 0 aliphatic carbocycles. The lowest BCUT2D eigenvalue weighted by Crippen LogP contribution is -2.25. The summed E-state index contributed by atoms with van der Waals surface area (Å²) in [5.74, 6) is 0. The molecule has 1 fully saturated rings. The van der Waals surface area contributed by atoms with Gasteiger partial charge in [0.1, 0.15) is 17.5 Å². The summed E-state index contributed by atoms with van der Waals surface area (Å²) >= 11 is 0. The molecule has 0 spiro atoms. The fraction of sp³-hybridized carbons (Fsp3) is 0.462. The van der Waals surface area contributed by atoms with Crippen LogP contribution in [0.4, 0.5) is 0 Å². The summed E-state index contributed by atoms with van der Waals surface area (Å²) in [6.07, 6.45) is 1.29. The van der Waals surface area contributed by atoms with Crippen molar-refractivity contribution in [3.05, 3.63) is 35.9 Å². The average molecular weight is 265 g/mol.